The van der Waals surface area contributed by atoms with E-state index >= 15 is 0 Å². The molecule has 1 aliphatic heterocycles. The topological polar surface area (TPSA) is 161 Å². The number of aliphatic carboxylic acids is 1. The molecule has 2 atom stereocenters. The van der Waals surface area contributed by atoms with Crippen molar-refractivity contribution < 1.29 is 42.1 Å². The second-order valence-electron chi connectivity index (χ2n) is 8.87. The SMILES string of the molecule is COCCOCCOCCC(=O)NCCCCCC(=O)NC1CC(C(=O)O)N(S(=O)(=O)c2ccccc2)C1. The number of carboxylic acid groups (broad SMARTS) is 1. The lowest BCUT2D eigenvalue weighted by Gasteiger charge is -2.20. The maximum Gasteiger partial charge on any atom is 0.322 e. The first kappa shape index (κ1) is 31.6. The molecule has 0 aliphatic carbocycles. The normalized spacial score (nSPS) is 17.8. The highest BCUT2D eigenvalue weighted by atomic mass is 32.2. The van der Waals surface area contributed by atoms with Crippen molar-refractivity contribution in [1.29, 1.82) is 0 Å². The van der Waals surface area contributed by atoms with E-state index in [1.165, 1.54) is 12.1 Å². The van der Waals surface area contributed by atoms with Crippen LogP contribution in [0.25, 0.3) is 0 Å². The Kier molecular flexibility index (Phi) is 14.2. The fourth-order valence-corrected chi connectivity index (χ4v) is 5.62. The molecule has 2 unspecified atom stereocenters. The average Bonchev–Trinajstić information content (AvgIpc) is 3.33. The molecule has 1 aliphatic rings. The van der Waals surface area contributed by atoms with Crippen LogP contribution in [0.4, 0.5) is 0 Å². The maximum atomic E-state index is 12.9. The number of nitrogens with zero attached hydrogens (tertiary/aromatic N) is 1. The molecule has 0 radical (unpaired) electrons. The number of unbranched alkanes of at least 4 members (excludes halogenated alkanes) is 2. The Bertz CT molecular complexity index is 976. The number of amides is 2. The van der Waals surface area contributed by atoms with Gasteiger partial charge in [0.1, 0.15) is 6.04 Å². The van der Waals surface area contributed by atoms with Crippen molar-refractivity contribution in [1.82, 2.24) is 14.9 Å². The van der Waals surface area contributed by atoms with Gasteiger partial charge in [-0.1, -0.05) is 24.6 Å². The van der Waals surface area contributed by atoms with Crippen molar-refractivity contribution in [3.8, 4) is 0 Å². The Hall–Kier alpha value is -2.58. The van der Waals surface area contributed by atoms with Crippen LogP contribution in [0.15, 0.2) is 35.2 Å². The summed E-state index contributed by atoms with van der Waals surface area (Å²) in [7, 11) is -2.40. The summed E-state index contributed by atoms with van der Waals surface area (Å²) in [5.41, 5.74) is 0. The number of carboxylic acids is 1. The van der Waals surface area contributed by atoms with E-state index in [4.69, 9.17) is 14.2 Å². The van der Waals surface area contributed by atoms with E-state index in [0.29, 0.717) is 52.4 Å². The molecule has 1 aromatic rings. The minimum Gasteiger partial charge on any atom is -0.480 e. The van der Waals surface area contributed by atoms with Crippen LogP contribution in [0.2, 0.25) is 0 Å². The van der Waals surface area contributed by atoms with Gasteiger partial charge >= 0.3 is 5.97 Å². The number of hydrogen-bond acceptors (Lipinski definition) is 8. The number of benzene rings is 1. The zero-order valence-electron chi connectivity index (χ0n) is 21.8. The first-order chi connectivity index (χ1) is 18.3. The van der Waals surface area contributed by atoms with E-state index in [1.807, 2.05) is 0 Å². The molecule has 1 aromatic carbocycles. The van der Waals surface area contributed by atoms with Gasteiger partial charge in [0, 0.05) is 39.1 Å². The quantitative estimate of drug-likeness (QED) is 0.209. The molecule has 12 nitrogen and oxygen atoms in total. The fraction of sp³-hybridized carbons (Fsp3) is 0.640. The number of rotatable bonds is 19. The van der Waals surface area contributed by atoms with Crippen LogP contribution in [-0.2, 0) is 38.6 Å². The van der Waals surface area contributed by atoms with Crippen molar-refractivity contribution >= 4 is 27.8 Å². The second kappa shape index (κ2) is 17.1. The van der Waals surface area contributed by atoms with E-state index in [-0.39, 0.29) is 42.5 Å². The number of carbonyl (C=O) groups excluding carboxylic acids is 2. The summed E-state index contributed by atoms with van der Waals surface area (Å²) in [5.74, 6) is -1.61. The highest BCUT2D eigenvalue weighted by Gasteiger charge is 2.44. The molecule has 0 spiro atoms. The van der Waals surface area contributed by atoms with Gasteiger partial charge in [0.05, 0.1) is 37.9 Å². The number of methoxy groups -OCH3 is 1. The van der Waals surface area contributed by atoms with Crippen LogP contribution < -0.4 is 10.6 Å². The van der Waals surface area contributed by atoms with Crippen LogP contribution in [-0.4, -0.2) is 101 Å². The smallest absolute Gasteiger partial charge is 0.322 e. The first-order valence-electron chi connectivity index (χ1n) is 12.8. The molecule has 214 valence electrons. The number of carbonyl (C=O) groups is 3. The highest BCUT2D eigenvalue weighted by molar-refractivity contribution is 7.89. The first-order valence-corrected chi connectivity index (χ1v) is 14.2. The van der Waals surface area contributed by atoms with Crippen molar-refractivity contribution in [2.45, 2.75) is 55.5 Å². The number of ether oxygens (including phenoxy) is 3. The van der Waals surface area contributed by atoms with E-state index in [1.54, 1.807) is 25.3 Å². The van der Waals surface area contributed by atoms with E-state index in [0.717, 1.165) is 10.7 Å². The molecule has 0 bridgehead atoms. The highest BCUT2D eigenvalue weighted by Crippen LogP contribution is 2.26. The molecule has 2 amide bonds. The number of nitrogens with one attached hydrogen (secondary N) is 2. The lowest BCUT2D eigenvalue weighted by Crippen LogP contribution is -2.41. The third-order valence-corrected chi connectivity index (χ3v) is 7.82. The van der Waals surface area contributed by atoms with Crippen molar-refractivity contribution in [3.05, 3.63) is 30.3 Å². The molecule has 1 heterocycles. The fourth-order valence-electron chi connectivity index (χ4n) is 3.96. The van der Waals surface area contributed by atoms with Crippen LogP contribution >= 0.6 is 0 Å². The summed E-state index contributed by atoms with van der Waals surface area (Å²) in [6.07, 6.45) is 2.52. The molecule has 2 rings (SSSR count). The molecular formula is C25H39N3O9S. The van der Waals surface area contributed by atoms with Gasteiger partial charge in [0.2, 0.25) is 21.8 Å². The molecule has 1 saturated heterocycles. The third kappa shape index (κ3) is 11.0. The third-order valence-electron chi connectivity index (χ3n) is 5.94. The molecule has 0 saturated carbocycles. The minimum atomic E-state index is -4.00. The Labute approximate surface area is 224 Å². The monoisotopic (exact) mass is 557 g/mol. The van der Waals surface area contributed by atoms with Gasteiger partial charge in [-0.3, -0.25) is 14.4 Å². The zero-order valence-corrected chi connectivity index (χ0v) is 22.6. The van der Waals surface area contributed by atoms with E-state index in [9.17, 15) is 27.9 Å². The lowest BCUT2D eigenvalue weighted by atomic mass is 10.1. The van der Waals surface area contributed by atoms with Gasteiger partial charge in [-0.25, -0.2) is 8.42 Å². The second-order valence-corrected chi connectivity index (χ2v) is 10.8. The predicted molar refractivity (Wildman–Crippen MR) is 138 cm³/mol. The summed E-state index contributed by atoms with van der Waals surface area (Å²) in [5, 5.41) is 15.1. The van der Waals surface area contributed by atoms with Crippen LogP contribution in [0.5, 0.6) is 0 Å². The van der Waals surface area contributed by atoms with Gasteiger partial charge in [-0.05, 0) is 31.4 Å². The number of hydrogen-bond donors (Lipinski definition) is 3. The molecule has 0 aromatic heterocycles. The summed E-state index contributed by atoms with van der Waals surface area (Å²) in [6.45, 7) is 2.61. The Morgan fingerprint density at radius 1 is 0.947 bits per heavy atom. The van der Waals surface area contributed by atoms with E-state index in [2.05, 4.69) is 10.6 Å². The summed E-state index contributed by atoms with van der Waals surface area (Å²) in [6, 6.07) is 5.82. The van der Waals surface area contributed by atoms with E-state index < -0.39 is 28.1 Å². The lowest BCUT2D eigenvalue weighted by molar-refractivity contribution is -0.140. The predicted octanol–water partition coefficient (Wildman–Crippen LogP) is 0.765. The Morgan fingerprint density at radius 3 is 2.32 bits per heavy atom. The van der Waals surface area contributed by atoms with Crippen molar-refractivity contribution in [2.24, 2.45) is 0 Å². The molecule has 13 heteroatoms. The zero-order chi connectivity index (χ0) is 27.8. The summed E-state index contributed by atoms with van der Waals surface area (Å²) >= 11 is 0. The van der Waals surface area contributed by atoms with Crippen LogP contribution in [0, 0.1) is 0 Å². The standard InChI is InChI=1S/C25H39N3O9S/c1-35-14-15-37-17-16-36-13-11-23(29)26-12-7-3-6-10-24(30)27-20-18-22(25(31)32)28(19-20)38(33,34)21-8-4-2-5-9-21/h2,4-5,8-9,20,22H,3,6-7,10-19H2,1H3,(H,26,29)(H,27,30)(H,31,32). The maximum absolute atomic E-state index is 12.9. The van der Waals surface area contributed by atoms with Crippen molar-refractivity contribution in [3.63, 3.8) is 0 Å². The van der Waals surface area contributed by atoms with Crippen LogP contribution in [0.1, 0.15) is 38.5 Å². The Morgan fingerprint density at radius 2 is 1.63 bits per heavy atom. The van der Waals surface area contributed by atoms with Crippen molar-refractivity contribution in [2.75, 3.05) is 53.2 Å². The van der Waals surface area contributed by atoms with Gasteiger partial charge in [-0.2, -0.15) is 4.31 Å². The van der Waals surface area contributed by atoms with Gasteiger partial charge in [-0.15, -0.1) is 0 Å². The molecular weight excluding hydrogens is 518 g/mol. The molecule has 1 fully saturated rings. The molecule has 3 N–H and O–H groups in total. The average molecular weight is 558 g/mol. The van der Waals surface area contributed by atoms with Crippen LogP contribution in [0.3, 0.4) is 0 Å². The van der Waals surface area contributed by atoms with Gasteiger partial charge < -0.3 is 30.0 Å². The largest absolute Gasteiger partial charge is 0.480 e. The summed E-state index contributed by atoms with van der Waals surface area (Å²) in [4.78, 5) is 35.9. The van der Waals surface area contributed by atoms with Gasteiger partial charge in [0.15, 0.2) is 0 Å². The Balaban J connectivity index is 1.59. The molecule has 38 heavy (non-hydrogen) atoms. The minimum absolute atomic E-state index is 0.00369. The number of sulfonamides is 1. The summed E-state index contributed by atoms with van der Waals surface area (Å²) < 4.78 is 42.3. The van der Waals surface area contributed by atoms with Gasteiger partial charge in [0.25, 0.3) is 0 Å².